The Kier molecular flexibility index (Phi) is 6.71. The molecule has 1 aliphatic rings. The number of ether oxygens (including phenoxy) is 1. The van der Waals surface area contributed by atoms with Gasteiger partial charge in [0.05, 0.1) is 19.3 Å². The monoisotopic (exact) mass is 514 g/mol. The third-order valence-electron chi connectivity index (χ3n) is 5.58. The summed E-state index contributed by atoms with van der Waals surface area (Å²) in [5.74, 6) is 0.305. The minimum absolute atomic E-state index is 0.00765. The summed E-state index contributed by atoms with van der Waals surface area (Å²) in [7, 11) is 1.36. The van der Waals surface area contributed by atoms with Crippen molar-refractivity contribution in [3.05, 3.63) is 57.9 Å². The number of nitrogens with zero attached hydrogens (tertiary/aromatic N) is 6. The number of rotatable bonds is 6. The number of alkyl halides is 4. The summed E-state index contributed by atoms with van der Waals surface area (Å²) in [4.78, 5) is 8.61. The second-order valence-electron chi connectivity index (χ2n) is 7.73. The molecule has 15 heteroatoms. The van der Waals surface area contributed by atoms with Crippen LogP contribution in [0.3, 0.4) is 0 Å². The van der Waals surface area contributed by atoms with Crippen LogP contribution in [0.15, 0.2) is 29.3 Å². The molecule has 0 fully saturated rings. The third kappa shape index (κ3) is 4.62. The maximum Gasteiger partial charge on any atom is 0.282 e. The molecule has 1 unspecified atom stereocenters. The van der Waals surface area contributed by atoms with Crippen molar-refractivity contribution in [1.82, 2.24) is 20.1 Å². The van der Waals surface area contributed by atoms with Crippen LogP contribution in [0.25, 0.3) is 0 Å². The van der Waals surface area contributed by atoms with Gasteiger partial charge in [0.2, 0.25) is 5.96 Å². The Morgan fingerprint density at radius 2 is 1.95 bits per heavy atom. The number of benzene rings is 1. The lowest BCUT2D eigenvalue weighted by Gasteiger charge is -2.26. The van der Waals surface area contributed by atoms with Crippen molar-refractivity contribution in [2.45, 2.75) is 25.4 Å². The number of nitrogens with one attached hydrogen (secondary N) is 2. The number of aliphatic imine (C=N–C) groups is 1. The highest BCUT2D eigenvalue weighted by atomic mass is 19.3. The van der Waals surface area contributed by atoms with Gasteiger partial charge in [-0.3, -0.25) is 10.00 Å². The molecule has 2 aromatic heterocycles. The van der Waals surface area contributed by atoms with Crippen LogP contribution in [0.1, 0.15) is 52.5 Å². The largest absolute Gasteiger partial charge is 0.496 e. The molecule has 190 valence electrons. The summed E-state index contributed by atoms with van der Waals surface area (Å²) in [6.07, 6.45) is -4.34. The SMILES string of the molecule is COc1ccc(C2N=C(NC#N)Nc3nc(N)c(C#N)c(N)c32)cc1Cn1nc(C(F)F)cc1C(F)F. The fourth-order valence-corrected chi connectivity index (χ4v) is 3.94. The van der Waals surface area contributed by atoms with E-state index in [0.717, 1.165) is 4.68 Å². The van der Waals surface area contributed by atoms with Gasteiger partial charge in [-0.15, -0.1) is 0 Å². The first-order valence-electron chi connectivity index (χ1n) is 10.5. The predicted octanol–water partition coefficient (Wildman–Crippen LogP) is 3.19. The topological polar surface area (TPSA) is 176 Å². The molecule has 6 N–H and O–H groups in total. The fraction of sp³-hybridized carbons (Fsp3) is 0.227. The van der Waals surface area contributed by atoms with E-state index in [9.17, 15) is 22.8 Å². The molecule has 0 spiro atoms. The number of hydrogen-bond donors (Lipinski definition) is 4. The minimum atomic E-state index is -3.05. The molecule has 3 heterocycles. The van der Waals surface area contributed by atoms with E-state index in [4.69, 9.17) is 21.5 Å². The summed E-state index contributed by atoms with van der Waals surface area (Å²) in [5.41, 5.74) is 11.6. The number of pyridine rings is 1. The molecule has 0 saturated carbocycles. The van der Waals surface area contributed by atoms with E-state index in [2.05, 4.69) is 25.7 Å². The van der Waals surface area contributed by atoms with E-state index < -0.39 is 30.3 Å². The third-order valence-corrected chi connectivity index (χ3v) is 5.58. The molecule has 0 aliphatic carbocycles. The quantitative estimate of drug-likeness (QED) is 0.219. The number of halogens is 4. The number of guanidine groups is 1. The lowest BCUT2D eigenvalue weighted by molar-refractivity contribution is 0.139. The molecule has 1 aliphatic heterocycles. The van der Waals surface area contributed by atoms with Gasteiger partial charge in [-0.05, 0) is 23.8 Å². The Labute approximate surface area is 207 Å². The van der Waals surface area contributed by atoms with Crippen molar-refractivity contribution >= 4 is 23.3 Å². The predicted molar refractivity (Wildman–Crippen MR) is 124 cm³/mol. The van der Waals surface area contributed by atoms with Gasteiger partial charge in [-0.25, -0.2) is 27.5 Å². The Bertz CT molecular complexity index is 1470. The number of nitriles is 2. The van der Waals surface area contributed by atoms with E-state index in [0.29, 0.717) is 17.2 Å². The van der Waals surface area contributed by atoms with Crippen LogP contribution >= 0.6 is 0 Å². The van der Waals surface area contributed by atoms with E-state index in [1.807, 2.05) is 6.07 Å². The van der Waals surface area contributed by atoms with Crippen molar-refractivity contribution in [3.63, 3.8) is 0 Å². The maximum atomic E-state index is 13.5. The molecule has 1 atom stereocenters. The smallest absolute Gasteiger partial charge is 0.282 e. The summed E-state index contributed by atoms with van der Waals surface area (Å²) >= 11 is 0. The zero-order valence-corrected chi connectivity index (χ0v) is 19.0. The average Bonchev–Trinajstić information content (AvgIpc) is 3.28. The summed E-state index contributed by atoms with van der Waals surface area (Å²) in [5, 5.41) is 27.3. The van der Waals surface area contributed by atoms with Gasteiger partial charge in [0, 0.05) is 11.1 Å². The molecule has 4 rings (SSSR count). The second-order valence-corrected chi connectivity index (χ2v) is 7.73. The van der Waals surface area contributed by atoms with Crippen LogP contribution in [0, 0.1) is 22.8 Å². The first-order valence-corrected chi connectivity index (χ1v) is 10.5. The van der Waals surface area contributed by atoms with Crippen LogP contribution in [0.4, 0.5) is 34.9 Å². The lowest BCUT2D eigenvalue weighted by atomic mass is 9.93. The number of fused-ring (bicyclic) bond motifs is 1. The summed E-state index contributed by atoms with van der Waals surface area (Å²) < 4.78 is 59.5. The van der Waals surface area contributed by atoms with Gasteiger partial charge in [0.15, 0.2) is 6.19 Å². The normalized spacial score (nSPS) is 14.4. The van der Waals surface area contributed by atoms with Gasteiger partial charge in [-0.2, -0.15) is 15.6 Å². The molecule has 0 saturated heterocycles. The molecule has 37 heavy (non-hydrogen) atoms. The number of hydrogen-bond acceptors (Lipinski definition) is 10. The Balaban J connectivity index is 1.85. The molecule has 11 nitrogen and oxygen atoms in total. The van der Waals surface area contributed by atoms with Crippen LogP contribution in [0.2, 0.25) is 0 Å². The van der Waals surface area contributed by atoms with Gasteiger partial charge >= 0.3 is 0 Å². The van der Waals surface area contributed by atoms with Crippen LogP contribution in [-0.4, -0.2) is 27.8 Å². The van der Waals surface area contributed by atoms with Crippen molar-refractivity contribution in [1.29, 1.82) is 10.5 Å². The maximum absolute atomic E-state index is 13.5. The first-order chi connectivity index (χ1) is 17.7. The number of methoxy groups -OCH3 is 1. The number of nitrogens with two attached hydrogens (primary N) is 2. The molecule has 0 amide bonds. The van der Waals surface area contributed by atoms with E-state index in [1.165, 1.54) is 13.2 Å². The standard InChI is InChI=1S/C22H18F4N10O/c1-37-14-3-2-9(4-10(14)7-36-13(19(25)26)5-12(35-36)18(23)24)17-15-16(29)11(6-27)20(30)33-21(15)34-22(32-17)31-8-28/h2-5,17-19H,7H2,1H3,(H6,29,30,31,32,33,34). The van der Waals surface area contributed by atoms with Crippen molar-refractivity contribution in [2.75, 3.05) is 23.9 Å². The molecular formula is C22H18F4N10O. The lowest BCUT2D eigenvalue weighted by Crippen LogP contribution is -2.32. The van der Waals surface area contributed by atoms with Gasteiger partial charge in [0.25, 0.3) is 12.9 Å². The average molecular weight is 514 g/mol. The van der Waals surface area contributed by atoms with Crippen LogP contribution < -0.4 is 26.8 Å². The van der Waals surface area contributed by atoms with Crippen molar-refractivity contribution in [2.24, 2.45) is 4.99 Å². The van der Waals surface area contributed by atoms with Crippen LogP contribution in [-0.2, 0) is 6.54 Å². The van der Waals surface area contributed by atoms with Gasteiger partial charge in [0.1, 0.15) is 46.4 Å². The van der Waals surface area contributed by atoms with Crippen molar-refractivity contribution in [3.8, 4) is 18.0 Å². The Hall–Kier alpha value is -5.05. The molecule has 1 aromatic carbocycles. The molecular weight excluding hydrogens is 496 g/mol. The number of anilines is 3. The highest BCUT2D eigenvalue weighted by molar-refractivity contribution is 5.98. The van der Waals surface area contributed by atoms with Gasteiger partial charge < -0.3 is 21.5 Å². The minimum Gasteiger partial charge on any atom is -0.496 e. The van der Waals surface area contributed by atoms with Crippen LogP contribution in [0.5, 0.6) is 5.75 Å². The Morgan fingerprint density at radius 1 is 1.19 bits per heavy atom. The summed E-state index contributed by atoms with van der Waals surface area (Å²) in [6.45, 7) is -0.326. The summed E-state index contributed by atoms with van der Waals surface area (Å²) in [6, 6.07) is 6.32. The molecule has 3 aromatic rings. The second kappa shape index (κ2) is 9.90. The highest BCUT2D eigenvalue weighted by Crippen LogP contribution is 2.41. The molecule has 0 bridgehead atoms. The van der Waals surface area contributed by atoms with E-state index in [-0.39, 0.29) is 46.7 Å². The zero-order valence-electron chi connectivity index (χ0n) is 19.0. The van der Waals surface area contributed by atoms with E-state index >= 15 is 0 Å². The zero-order chi connectivity index (χ0) is 26.9. The highest BCUT2D eigenvalue weighted by Gasteiger charge is 2.30. The van der Waals surface area contributed by atoms with Gasteiger partial charge in [-0.1, -0.05) is 6.07 Å². The first kappa shape index (κ1) is 25.1. The van der Waals surface area contributed by atoms with E-state index in [1.54, 1.807) is 18.3 Å². The number of aromatic nitrogens is 3. The van der Waals surface area contributed by atoms with Crippen molar-refractivity contribution < 1.29 is 22.3 Å². The Morgan fingerprint density at radius 3 is 2.57 bits per heavy atom. The number of nitrogen functional groups attached to an aromatic ring is 2. The fourth-order valence-electron chi connectivity index (χ4n) is 3.94. The molecule has 0 radical (unpaired) electrons.